The van der Waals surface area contributed by atoms with Crippen LogP contribution in [0.15, 0.2) is 0 Å². The second kappa shape index (κ2) is 5.89. The first-order valence-corrected chi connectivity index (χ1v) is 8.48. The molecule has 7 nitrogen and oxygen atoms in total. The highest BCUT2D eigenvalue weighted by molar-refractivity contribution is 5.91. The van der Waals surface area contributed by atoms with Gasteiger partial charge in [0.1, 0.15) is 24.4 Å². The molecule has 8 atom stereocenters. The van der Waals surface area contributed by atoms with Gasteiger partial charge in [-0.25, -0.2) is 0 Å². The molecule has 0 radical (unpaired) electrons. The highest BCUT2D eigenvalue weighted by Gasteiger charge is 2.62. The van der Waals surface area contributed by atoms with Crippen LogP contribution < -0.4 is 0 Å². The van der Waals surface area contributed by atoms with Gasteiger partial charge < -0.3 is 23.7 Å². The molecule has 0 spiro atoms. The molecule has 0 aromatic rings. The van der Waals surface area contributed by atoms with Crippen LogP contribution in [0.25, 0.3) is 0 Å². The number of epoxide rings is 2. The van der Waals surface area contributed by atoms with E-state index < -0.39 is 37.0 Å². The predicted octanol–water partition coefficient (Wildman–Crippen LogP) is 0.726. The SMILES string of the molecule is CCCC1OC(OC2OC(CCC)C(=O)C3OC23)C2OC2C1=O. The zero-order valence-electron chi connectivity index (χ0n) is 13.3. The molecule has 0 aromatic heterocycles. The summed E-state index contributed by atoms with van der Waals surface area (Å²) in [6.07, 6.45) is -0.815. The normalized spacial score (nSPS) is 47.9. The second-order valence-electron chi connectivity index (χ2n) is 6.55. The monoisotopic (exact) mass is 326 g/mol. The number of ketones is 2. The Morgan fingerprint density at radius 2 is 1.22 bits per heavy atom. The Labute approximate surface area is 134 Å². The summed E-state index contributed by atoms with van der Waals surface area (Å²) in [5.74, 6) is 0.00157. The van der Waals surface area contributed by atoms with Crippen molar-refractivity contribution in [2.45, 2.75) is 88.7 Å². The number of ether oxygens (including phenoxy) is 5. The number of fused-ring (bicyclic) bond motifs is 2. The van der Waals surface area contributed by atoms with Crippen LogP contribution in [0.1, 0.15) is 39.5 Å². The molecule has 0 bridgehead atoms. The topological polar surface area (TPSA) is 86.9 Å². The molecule has 4 saturated heterocycles. The van der Waals surface area contributed by atoms with E-state index in [1.165, 1.54) is 0 Å². The molecule has 4 fully saturated rings. The van der Waals surface area contributed by atoms with Crippen molar-refractivity contribution in [2.75, 3.05) is 0 Å². The van der Waals surface area contributed by atoms with E-state index in [2.05, 4.69) is 0 Å². The van der Waals surface area contributed by atoms with Crippen LogP contribution in [0.4, 0.5) is 0 Å². The third kappa shape index (κ3) is 2.74. The van der Waals surface area contributed by atoms with Crippen molar-refractivity contribution in [1.29, 1.82) is 0 Å². The molecule has 4 aliphatic heterocycles. The molecular weight excluding hydrogens is 304 g/mol. The van der Waals surface area contributed by atoms with Gasteiger partial charge in [0.25, 0.3) is 0 Å². The summed E-state index contributed by atoms with van der Waals surface area (Å²) in [5.41, 5.74) is 0. The maximum absolute atomic E-state index is 12.0. The lowest BCUT2D eigenvalue weighted by atomic mass is 10.0. The summed E-state index contributed by atoms with van der Waals surface area (Å²) in [7, 11) is 0. The Hall–Kier alpha value is -0.860. The predicted molar refractivity (Wildman–Crippen MR) is 75.6 cm³/mol. The zero-order chi connectivity index (χ0) is 16.1. The van der Waals surface area contributed by atoms with Crippen LogP contribution in [0.2, 0.25) is 0 Å². The van der Waals surface area contributed by atoms with E-state index >= 15 is 0 Å². The van der Waals surface area contributed by atoms with E-state index in [0.29, 0.717) is 12.8 Å². The summed E-state index contributed by atoms with van der Waals surface area (Å²) < 4.78 is 28.2. The molecule has 0 aromatic carbocycles. The molecule has 0 saturated carbocycles. The molecule has 23 heavy (non-hydrogen) atoms. The maximum Gasteiger partial charge on any atom is 0.193 e. The van der Waals surface area contributed by atoms with Crippen molar-refractivity contribution < 1.29 is 33.3 Å². The lowest BCUT2D eigenvalue weighted by molar-refractivity contribution is -0.279. The number of hydrogen-bond acceptors (Lipinski definition) is 7. The number of hydrogen-bond donors (Lipinski definition) is 0. The standard InChI is InChI=1S/C16H22O7/c1-3-5-7-9(17)11-13(21-11)15(19-7)23-16-14-12(22-14)10(18)8(20-16)6-4-2/h7-8,11-16H,3-6H2,1-2H3. The van der Waals surface area contributed by atoms with E-state index in [1.807, 2.05) is 13.8 Å². The average Bonchev–Trinajstić information content (AvgIpc) is 3.41. The summed E-state index contributed by atoms with van der Waals surface area (Å²) in [5, 5.41) is 0. The first-order valence-electron chi connectivity index (χ1n) is 8.48. The van der Waals surface area contributed by atoms with E-state index in [9.17, 15) is 9.59 Å². The van der Waals surface area contributed by atoms with Gasteiger partial charge in [-0.15, -0.1) is 0 Å². The molecule has 7 heteroatoms. The van der Waals surface area contributed by atoms with Crippen LogP contribution in [0.5, 0.6) is 0 Å². The van der Waals surface area contributed by atoms with Crippen molar-refractivity contribution in [3.8, 4) is 0 Å². The van der Waals surface area contributed by atoms with Crippen molar-refractivity contribution in [2.24, 2.45) is 0 Å². The molecule has 0 N–H and O–H groups in total. The van der Waals surface area contributed by atoms with E-state index in [4.69, 9.17) is 23.7 Å². The average molecular weight is 326 g/mol. The third-order valence-corrected chi connectivity index (χ3v) is 4.75. The van der Waals surface area contributed by atoms with Gasteiger partial charge in [0.2, 0.25) is 0 Å². The Morgan fingerprint density at radius 3 is 1.61 bits per heavy atom. The third-order valence-electron chi connectivity index (χ3n) is 4.75. The summed E-state index contributed by atoms with van der Waals surface area (Å²) in [6, 6.07) is 0. The van der Waals surface area contributed by atoms with E-state index in [1.54, 1.807) is 0 Å². The number of carbonyl (C=O) groups excluding carboxylic acids is 2. The van der Waals surface area contributed by atoms with Gasteiger partial charge in [0.15, 0.2) is 36.4 Å². The first-order chi connectivity index (χ1) is 11.1. The lowest BCUT2D eigenvalue weighted by Crippen LogP contribution is -2.49. The fraction of sp³-hybridized carbons (Fsp3) is 0.875. The maximum atomic E-state index is 12.0. The second-order valence-corrected chi connectivity index (χ2v) is 6.55. The Bertz CT molecular complexity index is 463. The highest BCUT2D eigenvalue weighted by atomic mass is 16.8. The highest BCUT2D eigenvalue weighted by Crippen LogP contribution is 2.41. The Balaban J connectivity index is 1.40. The molecule has 4 rings (SSSR count). The summed E-state index contributed by atoms with van der Waals surface area (Å²) in [6.45, 7) is 4.00. The van der Waals surface area contributed by atoms with Crippen molar-refractivity contribution in [1.82, 2.24) is 0 Å². The van der Waals surface area contributed by atoms with Gasteiger partial charge in [-0.2, -0.15) is 0 Å². The van der Waals surface area contributed by atoms with Crippen LogP contribution in [-0.2, 0) is 33.3 Å². The van der Waals surface area contributed by atoms with E-state index in [-0.39, 0.29) is 23.8 Å². The zero-order valence-corrected chi connectivity index (χ0v) is 13.3. The van der Waals surface area contributed by atoms with E-state index in [0.717, 1.165) is 12.8 Å². The molecular formula is C16H22O7. The van der Waals surface area contributed by atoms with Crippen molar-refractivity contribution in [3.63, 3.8) is 0 Å². The van der Waals surface area contributed by atoms with Crippen LogP contribution in [0.3, 0.4) is 0 Å². The minimum Gasteiger partial charge on any atom is -0.356 e. The quantitative estimate of drug-likeness (QED) is 0.665. The fourth-order valence-electron chi connectivity index (χ4n) is 3.39. The number of Topliss-reactive ketones (excluding diaryl/α,β-unsaturated/α-hetero) is 2. The first kappa shape index (κ1) is 15.7. The van der Waals surface area contributed by atoms with Gasteiger partial charge in [-0.3, -0.25) is 9.59 Å². The molecule has 4 heterocycles. The van der Waals surface area contributed by atoms with Crippen molar-refractivity contribution >= 4 is 11.6 Å². The molecule has 128 valence electrons. The van der Waals surface area contributed by atoms with Gasteiger partial charge >= 0.3 is 0 Å². The lowest BCUT2D eigenvalue weighted by Gasteiger charge is -2.31. The summed E-state index contributed by atoms with van der Waals surface area (Å²) >= 11 is 0. The van der Waals surface area contributed by atoms with Gasteiger partial charge in [-0.05, 0) is 12.8 Å². The Morgan fingerprint density at radius 1 is 0.783 bits per heavy atom. The van der Waals surface area contributed by atoms with Gasteiger partial charge in [-0.1, -0.05) is 26.7 Å². The smallest absolute Gasteiger partial charge is 0.193 e. The molecule has 0 aliphatic carbocycles. The Kier molecular flexibility index (Phi) is 4.01. The molecule has 0 amide bonds. The minimum atomic E-state index is -0.639. The molecule has 4 aliphatic rings. The number of carbonyl (C=O) groups is 2. The van der Waals surface area contributed by atoms with Crippen molar-refractivity contribution in [3.05, 3.63) is 0 Å². The van der Waals surface area contributed by atoms with Gasteiger partial charge in [0.05, 0.1) is 0 Å². The van der Waals surface area contributed by atoms with Crippen LogP contribution in [-0.4, -0.2) is 60.8 Å². The van der Waals surface area contributed by atoms with Crippen LogP contribution >= 0.6 is 0 Å². The minimum absolute atomic E-state index is 0.000785. The summed E-state index contributed by atoms with van der Waals surface area (Å²) in [4.78, 5) is 24.1. The molecule has 8 unspecified atom stereocenters. The number of rotatable bonds is 6. The van der Waals surface area contributed by atoms with Gasteiger partial charge in [0, 0.05) is 0 Å². The van der Waals surface area contributed by atoms with Crippen LogP contribution in [0, 0.1) is 0 Å². The largest absolute Gasteiger partial charge is 0.356 e. The fourth-order valence-corrected chi connectivity index (χ4v) is 3.39.